The van der Waals surface area contributed by atoms with E-state index >= 15 is 0 Å². The highest BCUT2D eigenvalue weighted by atomic mass is 32.1. The number of rotatable bonds is 0. The van der Waals surface area contributed by atoms with Crippen molar-refractivity contribution < 1.29 is 0 Å². The Kier molecular flexibility index (Phi) is 2.23. The Morgan fingerprint density at radius 2 is 0.955 bits per heavy atom. The van der Waals surface area contributed by atoms with Gasteiger partial charge in [0.15, 0.2) is 0 Å². The normalized spacial score (nSPS) is 12.5. The minimum atomic E-state index is 1.37. The standard InChI is InChI=1S/C18H8S4/c1-3-11-15(13-7-19-5-9(1)13)21-18-12-4-2-10-6-20-8-14(10)16(12)22-17(11)18/h1-8H. The predicted octanol–water partition coefficient (Wildman–Crippen LogP) is 7.70. The van der Waals surface area contributed by atoms with Crippen LogP contribution in [0, 0.1) is 0 Å². The highest BCUT2D eigenvalue weighted by Crippen LogP contribution is 2.48. The predicted molar refractivity (Wildman–Crippen MR) is 105 cm³/mol. The van der Waals surface area contributed by atoms with E-state index in [1.54, 1.807) is 22.7 Å². The Balaban J connectivity index is 1.91. The molecule has 0 saturated carbocycles. The minimum absolute atomic E-state index is 1.37. The fourth-order valence-corrected chi connectivity index (χ4v) is 7.91. The lowest BCUT2D eigenvalue weighted by Gasteiger charge is -1.94. The highest BCUT2D eigenvalue weighted by molar-refractivity contribution is 7.37. The van der Waals surface area contributed by atoms with E-state index in [9.17, 15) is 0 Å². The first-order valence-electron chi connectivity index (χ1n) is 6.99. The van der Waals surface area contributed by atoms with Crippen LogP contribution in [-0.4, -0.2) is 0 Å². The van der Waals surface area contributed by atoms with Crippen LogP contribution in [0.4, 0.5) is 0 Å². The average molecular weight is 353 g/mol. The molecule has 4 aromatic heterocycles. The van der Waals surface area contributed by atoms with Crippen molar-refractivity contribution in [3.05, 3.63) is 45.8 Å². The molecular formula is C18H8S4. The van der Waals surface area contributed by atoms with Gasteiger partial charge in [0.1, 0.15) is 0 Å². The molecule has 104 valence electrons. The molecule has 22 heavy (non-hydrogen) atoms. The molecule has 0 atom stereocenters. The van der Waals surface area contributed by atoms with Gasteiger partial charge in [0.05, 0.1) is 9.40 Å². The Bertz CT molecular complexity index is 1220. The summed E-state index contributed by atoms with van der Waals surface area (Å²) in [4.78, 5) is 0. The number of thiophene rings is 4. The first-order valence-corrected chi connectivity index (χ1v) is 10.5. The van der Waals surface area contributed by atoms with Crippen LogP contribution in [0.3, 0.4) is 0 Å². The summed E-state index contributed by atoms with van der Waals surface area (Å²) in [5.41, 5.74) is 0. The quantitative estimate of drug-likeness (QED) is 0.263. The number of fused-ring (bicyclic) bond motifs is 9. The lowest BCUT2D eigenvalue weighted by molar-refractivity contribution is 2.02. The van der Waals surface area contributed by atoms with Gasteiger partial charge in [-0.05, 0) is 32.3 Å². The molecule has 0 aliphatic rings. The molecule has 6 rings (SSSR count). The molecule has 0 spiro atoms. The smallest absolute Gasteiger partial charge is 0.0542 e. The first kappa shape index (κ1) is 12.0. The van der Waals surface area contributed by atoms with E-state index < -0.39 is 0 Å². The van der Waals surface area contributed by atoms with Crippen molar-refractivity contribution >= 4 is 96.5 Å². The molecule has 0 N–H and O–H groups in total. The second kappa shape index (κ2) is 4.09. The fourth-order valence-electron chi connectivity index (χ4n) is 3.26. The molecule has 0 saturated heterocycles. The van der Waals surface area contributed by atoms with Crippen LogP contribution in [0.1, 0.15) is 0 Å². The average Bonchev–Trinajstić information content (AvgIpc) is 3.27. The van der Waals surface area contributed by atoms with E-state index in [1.807, 2.05) is 22.7 Å². The van der Waals surface area contributed by atoms with Crippen molar-refractivity contribution in [3.63, 3.8) is 0 Å². The number of benzene rings is 2. The lowest BCUT2D eigenvalue weighted by Crippen LogP contribution is -1.65. The van der Waals surface area contributed by atoms with Gasteiger partial charge in [-0.15, -0.1) is 22.7 Å². The van der Waals surface area contributed by atoms with Crippen LogP contribution in [-0.2, 0) is 0 Å². The third-order valence-electron chi connectivity index (χ3n) is 4.33. The van der Waals surface area contributed by atoms with Gasteiger partial charge in [-0.2, -0.15) is 22.7 Å². The molecule has 0 aliphatic heterocycles. The van der Waals surface area contributed by atoms with Gasteiger partial charge in [-0.1, -0.05) is 24.3 Å². The second-order valence-electron chi connectivity index (χ2n) is 5.50. The summed E-state index contributed by atoms with van der Waals surface area (Å²) in [5.74, 6) is 0. The maximum atomic E-state index is 2.31. The van der Waals surface area contributed by atoms with Gasteiger partial charge in [-0.25, -0.2) is 0 Å². The van der Waals surface area contributed by atoms with Crippen molar-refractivity contribution in [3.8, 4) is 0 Å². The monoisotopic (exact) mass is 352 g/mol. The third kappa shape index (κ3) is 1.37. The topological polar surface area (TPSA) is 0 Å². The minimum Gasteiger partial charge on any atom is -0.151 e. The van der Waals surface area contributed by atoms with Gasteiger partial charge in [-0.3, -0.25) is 0 Å². The zero-order valence-electron chi connectivity index (χ0n) is 11.3. The summed E-state index contributed by atoms with van der Waals surface area (Å²) in [6, 6.07) is 9.16. The third-order valence-corrected chi connectivity index (χ3v) is 8.52. The fraction of sp³-hybridized carbons (Fsp3) is 0. The van der Waals surface area contributed by atoms with Gasteiger partial charge in [0.25, 0.3) is 0 Å². The SMILES string of the molecule is c1cc2c(sc3c4ccc5cscc5c4sc23)c2cscc12. The molecule has 0 aliphatic carbocycles. The first-order chi connectivity index (χ1) is 10.9. The lowest BCUT2D eigenvalue weighted by atomic mass is 10.1. The maximum Gasteiger partial charge on any atom is 0.0542 e. The molecule has 0 radical (unpaired) electrons. The highest BCUT2D eigenvalue weighted by Gasteiger charge is 2.15. The van der Waals surface area contributed by atoms with E-state index in [1.165, 1.54) is 51.1 Å². The summed E-state index contributed by atoms with van der Waals surface area (Å²) in [6.07, 6.45) is 0. The summed E-state index contributed by atoms with van der Waals surface area (Å²) < 4.78 is 5.82. The Labute approximate surface area is 141 Å². The molecule has 4 heteroatoms. The van der Waals surface area contributed by atoms with Crippen molar-refractivity contribution in [2.75, 3.05) is 0 Å². The van der Waals surface area contributed by atoms with Crippen molar-refractivity contribution in [2.24, 2.45) is 0 Å². The van der Waals surface area contributed by atoms with Crippen LogP contribution >= 0.6 is 45.3 Å². The Morgan fingerprint density at radius 1 is 0.455 bits per heavy atom. The maximum absolute atomic E-state index is 2.31. The summed E-state index contributed by atoms with van der Waals surface area (Å²) in [5, 5.41) is 17.5. The van der Waals surface area contributed by atoms with Crippen LogP contribution in [0.15, 0.2) is 45.8 Å². The Hall–Kier alpha value is -1.46. The van der Waals surface area contributed by atoms with Gasteiger partial charge >= 0.3 is 0 Å². The van der Waals surface area contributed by atoms with Gasteiger partial charge < -0.3 is 0 Å². The van der Waals surface area contributed by atoms with E-state index in [0.29, 0.717) is 0 Å². The van der Waals surface area contributed by atoms with E-state index in [2.05, 4.69) is 45.8 Å². The van der Waals surface area contributed by atoms with Crippen molar-refractivity contribution in [1.82, 2.24) is 0 Å². The van der Waals surface area contributed by atoms with Crippen LogP contribution < -0.4 is 0 Å². The van der Waals surface area contributed by atoms with Crippen molar-refractivity contribution in [2.45, 2.75) is 0 Å². The Morgan fingerprint density at radius 3 is 1.45 bits per heavy atom. The molecule has 0 fully saturated rings. The van der Waals surface area contributed by atoms with Crippen LogP contribution in [0.25, 0.3) is 51.1 Å². The molecular weight excluding hydrogens is 344 g/mol. The van der Waals surface area contributed by atoms with E-state index in [-0.39, 0.29) is 0 Å². The molecule has 4 heterocycles. The molecule has 6 aromatic rings. The molecule has 0 bridgehead atoms. The molecule has 0 amide bonds. The van der Waals surface area contributed by atoms with Crippen LogP contribution in [0.5, 0.6) is 0 Å². The summed E-state index contributed by atoms with van der Waals surface area (Å²) in [6.45, 7) is 0. The molecule has 0 nitrogen and oxygen atoms in total. The zero-order valence-corrected chi connectivity index (χ0v) is 14.5. The van der Waals surface area contributed by atoms with E-state index in [4.69, 9.17) is 0 Å². The zero-order chi connectivity index (χ0) is 14.3. The largest absolute Gasteiger partial charge is 0.151 e. The second-order valence-corrected chi connectivity index (χ2v) is 9.02. The van der Waals surface area contributed by atoms with Gasteiger partial charge in [0, 0.05) is 30.9 Å². The molecule has 2 aromatic carbocycles. The summed E-state index contributed by atoms with van der Waals surface area (Å²) in [7, 11) is 0. The van der Waals surface area contributed by atoms with Gasteiger partial charge in [0.2, 0.25) is 0 Å². The number of hydrogen-bond donors (Lipinski definition) is 0. The number of hydrogen-bond acceptors (Lipinski definition) is 4. The summed E-state index contributed by atoms with van der Waals surface area (Å²) >= 11 is 7.52. The molecule has 0 unspecified atom stereocenters. The van der Waals surface area contributed by atoms with E-state index in [0.717, 1.165) is 0 Å². The van der Waals surface area contributed by atoms with Crippen LogP contribution in [0.2, 0.25) is 0 Å². The van der Waals surface area contributed by atoms with Crippen molar-refractivity contribution in [1.29, 1.82) is 0 Å².